The number of carbonyl (C=O) groups is 6. The number of carbonyl (C=O) groups excluding carboxylic acids is 6. The van der Waals surface area contributed by atoms with Gasteiger partial charge in [0, 0.05) is 31.3 Å². The lowest BCUT2D eigenvalue weighted by atomic mass is 9.82. The first-order valence-corrected chi connectivity index (χ1v) is 22.0. The van der Waals surface area contributed by atoms with Crippen molar-refractivity contribution in [1.82, 2.24) is 26.6 Å². The van der Waals surface area contributed by atoms with E-state index in [0.717, 1.165) is 11.1 Å². The fourth-order valence-electron chi connectivity index (χ4n) is 7.10. The van der Waals surface area contributed by atoms with Crippen molar-refractivity contribution < 1.29 is 43.0 Å². The molecule has 2 heterocycles. The van der Waals surface area contributed by atoms with E-state index >= 15 is 0 Å². The summed E-state index contributed by atoms with van der Waals surface area (Å²) < 4.78 is 17.7. The van der Waals surface area contributed by atoms with Gasteiger partial charge in [-0.1, -0.05) is 89.6 Å². The number of nitrogens with one attached hydrogen (secondary N) is 5. The van der Waals surface area contributed by atoms with Gasteiger partial charge < -0.3 is 46.5 Å². The van der Waals surface area contributed by atoms with Crippen molar-refractivity contribution in [3.8, 4) is 5.75 Å². The van der Waals surface area contributed by atoms with Crippen LogP contribution in [0.3, 0.4) is 0 Å². The van der Waals surface area contributed by atoms with E-state index in [2.05, 4.69) is 26.6 Å². The summed E-state index contributed by atoms with van der Waals surface area (Å²) in [7, 11) is 1.50. The molecule has 1 fully saturated rings. The lowest BCUT2D eigenvalue weighted by Gasteiger charge is -2.35. The highest BCUT2D eigenvalue weighted by Gasteiger charge is 2.48. The predicted molar refractivity (Wildman–Crippen MR) is 240 cm³/mol. The molecule has 0 aliphatic carbocycles. The zero-order valence-electron chi connectivity index (χ0n) is 38.4. The topological polar surface area (TPSA) is 220 Å². The Hall–Kier alpha value is -4.99. The van der Waals surface area contributed by atoms with Crippen molar-refractivity contribution >= 4 is 47.1 Å². The van der Waals surface area contributed by atoms with Crippen LogP contribution in [-0.4, -0.2) is 85.0 Å². The molecule has 4 rings (SSSR count). The summed E-state index contributed by atoms with van der Waals surface area (Å²) in [6.07, 6.45) is 2.01. The summed E-state index contributed by atoms with van der Waals surface area (Å²) in [5.41, 5.74) is 6.73. The van der Waals surface area contributed by atoms with Crippen LogP contribution < -0.4 is 37.1 Å². The molecule has 0 radical (unpaired) electrons. The van der Waals surface area contributed by atoms with E-state index in [1.54, 1.807) is 52.0 Å². The summed E-state index contributed by atoms with van der Waals surface area (Å²) >= 11 is 6.39. The number of hydrogen-bond donors (Lipinski definition) is 6. The first kappa shape index (κ1) is 50.7. The largest absolute Gasteiger partial charge is 0.495 e. The molecule has 63 heavy (non-hydrogen) atoms. The molecule has 0 spiro atoms. The molecule has 0 bridgehead atoms. The molecule has 15 nitrogen and oxygen atoms in total. The second kappa shape index (κ2) is 21.6. The molecule has 2 aromatic carbocycles. The van der Waals surface area contributed by atoms with Gasteiger partial charge in [-0.15, -0.1) is 0 Å². The van der Waals surface area contributed by atoms with Crippen LogP contribution in [0.1, 0.15) is 105 Å². The Kier molecular flexibility index (Phi) is 17.4. The maximum Gasteiger partial charge on any atom is 0.328 e. The second-order valence-corrected chi connectivity index (χ2v) is 19.3. The van der Waals surface area contributed by atoms with E-state index in [1.165, 1.54) is 13.2 Å². The van der Waals surface area contributed by atoms with Gasteiger partial charge in [0.05, 0.1) is 29.7 Å². The number of benzene rings is 2. The van der Waals surface area contributed by atoms with Gasteiger partial charge in [0.1, 0.15) is 36.1 Å². The number of halogens is 1. The van der Waals surface area contributed by atoms with Gasteiger partial charge in [0.15, 0.2) is 0 Å². The van der Waals surface area contributed by atoms with Crippen molar-refractivity contribution in [2.45, 2.75) is 144 Å². The van der Waals surface area contributed by atoms with Crippen molar-refractivity contribution in [2.24, 2.45) is 28.4 Å². The fraction of sp³-hybridized carbons (Fsp3) is 0.574. The van der Waals surface area contributed by atoms with E-state index in [4.69, 9.17) is 31.5 Å². The Bertz CT molecular complexity index is 2000. The molecule has 2 aliphatic rings. The average molecular weight is 896 g/mol. The minimum Gasteiger partial charge on any atom is -0.495 e. The van der Waals surface area contributed by atoms with Crippen LogP contribution in [0.25, 0.3) is 0 Å². The molecular formula is C47H67ClN6O9. The number of nitrogens with two attached hydrogens (primary N) is 1. The van der Waals surface area contributed by atoms with Crippen LogP contribution in [0, 0.1) is 22.7 Å². The molecule has 2 aliphatic heterocycles. The predicted octanol–water partition coefficient (Wildman–Crippen LogP) is 4.58. The third kappa shape index (κ3) is 14.3. The number of amides is 5. The molecule has 16 heteroatoms. The molecule has 346 valence electrons. The highest BCUT2D eigenvalue weighted by Crippen LogP contribution is 2.45. The van der Waals surface area contributed by atoms with E-state index < -0.39 is 65.4 Å². The summed E-state index contributed by atoms with van der Waals surface area (Å²) in [5.74, 6) is -2.81. The van der Waals surface area contributed by atoms with Crippen LogP contribution >= 0.6 is 11.6 Å². The Morgan fingerprint density at radius 3 is 2.21 bits per heavy atom. The van der Waals surface area contributed by atoms with Crippen LogP contribution in [0.4, 0.5) is 0 Å². The lowest BCUT2D eigenvalue weighted by Crippen LogP contribution is -2.58. The standard InChI is InChI=1S/C47H67ClN6O9/c1-25(2)38(49)43(58)51-27(4)41(56)50-24-29-15-18-31(19-16-29)40-39(63-40)26(3)35-13-12-14-37(55)53-33(22-30-17-20-36(61-11)32(48)21-30)42(57)52-28(5)47(9,10)45(60)54-34(44(59)62-35)23-46(6,7)8/h12,14-21,25-28,33-35,38-40H,13,22-24,49H2,1-11H3,(H,50,56)(H,51,58)(H,52,57)(H,53,55)(H,54,60)/b14-12+/t26?,27?,28?,33-,34+,35+,38?,39-,40-/m1/s1. The zero-order chi connectivity index (χ0) is 47.0. The van der Waals surface area contributed by atoms with Crippen LogP contribution in [0.15, 0.2) is 54.6 Å². The number of esters is 1. The van der Waals surface area contributed by atoms with Crippen molar-refractivity contribution in [1.29, 1.82) is 0 Å². The van der Waals surface area contributed by atoms with E-state index in [-0.39, 0.29) is 67.1 Å². The van der Waals surface area contributed by atoms with Gasteiger partial charge >= 0.3 is 5.97 Å². The number of cyclic esters (lactones) is 1. The molecule has 4 unspecified atom stereocenters. The van der Waals surface area contributed by atoms with Gasteiger partial charge in [-0.25, -0.2) is 4.79 Å². The Labute approximate surface area is 376 Å². The first-order valence-electron chi connectivity index (χ1n) is 21.6. The highest BCUT2D eigenvalue weighted by molar-refractivity contribution is 6.32. The van der Waals surface area contributed by atoms with Crippen molar-refractivity contribution in [3.63, 3.8) is 0 Å². The summed E-state index contributed by atoms with van der Waals surface area (Å²) in [6, 6.07) is 8.44. The molecule has 9 atom stereocenters. The maximum absolute atomic E-state index is 14.1. The molecule has 1 saturated heterocycles. The molecule has 0 saturated carbocycles. The van der Waals surface area contributed by atoms with Crippen LogP contribution in [0.2, 0.25) is 5.02 Å². The molecular weight excluding hydrogens is 828 g/mol. The maximum atomic E-state index is 14.1. The second-order valence-electron chi connectivity index (χ2n) is 18.9. The Balaban J connectivity index is 1.54. The molecule has 2 aromatic rings. The van der Waals surface area contributed by atoms with Gasteiger partial charge in [0.25, 0.3) is 0 Å². The minimum atomic E-state index is -1.19. The molecule has 7 N–H and O–H groups in total. The number of epoxide rings is 1. The normalized spacial score (nSPS) is 25.3. The average Bonchev–Trinajstić information content (AvgIpc) is 4.01. The Morgan fingerprint density at radius 1 is 0.952 bits per heavy atom. The van der Waals surface area contributed by atoms with Crippen molar-refractivity contribution in [2.75, 3.05) is 7.11 Å². The monoisotopic (exact) mass is 894 g/mol. The molecule has 0 aromatic heterocycles. The van der Waals surface area contributed by atoms with Gasteiger partial charge in [0.2, 0.25) is 29.5 Å². The third-order valence-electron chi connectivity index (χ3n) is 11.8. The smallest absolute Gasteiger partial charge is 0.328 e. The summed E-state index contributed by atoms with van der Waals surface area (Å²) in [4.78, 5) is 80.4. The van der Waals surface area contributed by atoms with Gasteiger partial charge in [-0.2, -0.15) is 0 Å². The summed E-state index contributed by atoms with van der Waals surface area (Å²) in [5, 5.41) is 14.5. The zero-order valence-corrected chi connectivity index (χ0v) is 39.2. The van der Waals surface area contributed by atoms with Crippen LogP contribution in [-0.2, 0) is 51.2 Å². The van der Waals surface area contributed by atoms with E-state index in [1.807, 2.05) is 65.8 Å². The van der Waals surface area contributed by atoms with Gasteiger partial charge in [-0.3, -0.25) is 24.0 Å². The van der Waals surface area contributed by atoms with E-state index in [0.29, 0.717) is 16.3 Å². The quantitative estimate of drug-likeness (QED) is 0.121. The Morgan fingerprint density at radius 2 is 1.60 bits per heavy atom. The molecule has 5 amide bonds. The highest BCUT2D eigenvalue weighted by atomic mass is 35.5. The summed E-state index contributed by atoms with van der Waals surface area (Å²) in [6.45, 7) is 18.4. The number of hydrogen-bond acceptors (Lipinski definition) is 10. The van der Waals surface area contributed by atoms with Gasteiger partial charge in [-0.05, 0) is 80.3 Å². The fourth-order valence-corrected chi connectivity index (χ4v) is 7.38. The SMILES string of the molecule is COc1ccc(C[C@H]2NC(=O)/C=C/C[C@@H](C(C)[C@H]3O[C@@H]3c3ccc(CNC(=O)C(C)NC(=O)C(N)C(C)C)cc3)OC(=O)[C@H](CC(C)(C)C)NC(=O)C(C)(C)C(C)NC2=O)cc1Cl. The van der Waals surface area contributed by atoms with Crippen LogP contribution in [0.5, 0.6) is 5.75 Å². The van der Waals surface area contributed by atoms with Crippen molar-refractivity contribution in [3.05, 3.63) is 76.3 Å². The minimum absolute atomic E-state index is 0.0678. The first-order chi connectivity index (χ1) is 29.4. The number of rotatable bonds is 13. The lowest BCUT2D eigenvalue weighted by molar-refractivity contribution is -0.157. The third-order valence-corrected chi connectivity index (χ3v) is 12.1. The number of methoxy groups -OCH3 is 1. The van der Waals surface area contributed by atoms with E-state index in [9.17, 15) is 28.8 Å². The number of ether oxygens (including phenoxy) is 3.